The molecule has 142 valence electrons. The molecule has 7 heteroatoms. The van der Waals surface area contributed by atoms with Gasteiger partial charge in [0, 0.05) is 30.2 Å². The Morgan fingerprint density at radius 2 is 1.96 bits per heavy atom. The number of halogens is 1. The molecule has 27 heavy (non-hydrogen) atoms. The molecule has 1 aliphatic rings. The zero-order chi connectivity index (χ0) is 19.2. The van der Waals surface area contributed by atoms with E-state index in [1.807, 2.05) is 49.4 Å². The van der Waals surface area contributed by atoms with Gasteiger partial charge in [-0.05, 0) is 42.8 Å². The van der Waals surface area contributed by atoms with Gasteiger partial charge in [-0.2, -0.15) is 0 Å². The molecule has 2 N–H and O–H groups in total. The average molecular weight is 388 g/mol. The van der Waals surface area contributed by atoms with Crippen LogP contribution >= 0.6 is 11.6 Å². The van der Waals surface area contributed by atoms with Gasteiger partial charge < -0.3 is 20.3 Å². The van der Waals surface area contributed by atoms with Crippen molar-refractivity contribution in [3.8, 4) is 5.75 Å². The van der Waals surface area contributed by atoms with Crippen molar-refractivity contribution >= 4 is 29.2 Å². The molecule has 1 heterocycles. The summed E-state index contributed by atoms with van der Waals surface area (Å²) in [6.45, 7) is 3.28. The molecule has 0 aromatic heterocycles. The molecule has 0 bridgehead atoms. The number of nitrogens with zero attached hydrogens (tertiary/aromatic N) is 1. The first kappa shape index (κ1) is 19.0. The van der Waals surface area contributed by atoms with Crippen molar-refractivity contribution in [1.29, 1.82) is 0 Å². The highest BCUT2D eigenvalue weighted by Gasteiger charge is 2.31. The summed E-state index contributed by atoms with van der Waals surface area (Å²) in [7, 11) is 0. The number of amides is 3. The standard InChI is InChI=1S/C20H22ClN3O3/c1-2-27-17-9-7-16(8-10-17)24-13-15(11-19(24)25)23-20(26)22-12-14-5-3-4-6-18(14)21/h3-10,15H,2,11-13H2,1H3,(H2,22,23,26)/t15-/m1/s1. The largest absolute Gasteiger partial charge is 0.494 e. The van der Waals surface area contributed by atoms with E-state index in [4.69, 9.17) is 16.3 Å². The maximum atomic E-state index is 12.3. The second-order valence-corrected chi connectivity index (χ2v) is 6.66. The number of nitrogens with one attached hydrogen (secondary N) is 2. The normalized spacial score (nSPS) is 16.3. The third-order valence-corrected chi connectivity index (χ3v) is 4.69. The zero-order valence-electron chi connectivity index (χ0n) is 15.1. The lowest BCUT2D eigenvalue weighted by Gasteiger charge is -2.18. The number of carbonyl (C=O) groups excluding carboxylic acids is 2. The first-order chi connectivity index (χ1) is 13.1. The Labute approximate surface area is 163 Å². The molecule has 1 fully saturated rings. The summed E-state index contributed by atoms with van der Waals surface area (Å²) < 4.78 is 5.42. The second-order valence-electron chi connectivity index (χ2n) is 6.25. The SMILES string of the molecule is CCOc1ccc(N2C[C@H](NC(=O)NCc3ccccc3Cl)CC2=O)cc1. The van der Waals surface area contributed by atoms with Gasteiger partial charge in [0.2, 0.25) is 5.91 Å². The van der Waals surface area contributed by atoms with E-state index in [9.17, 15) is 9.59 Å². The van der Waals surface area contributed by atoms with E-state index < -0.39 is 0 Å². The van der Waals surface area contributed by atoms with Crippen LogP contribution in [0.4, 0.5) is 10.5 Å². The number of benzene rings is 2. The van der Waals surface area contributed by atoms with Gasteiger partial charge in [-0.15, -0.1) is 0 Å². The third kappa shape index (κ3) is 4.92. The monoisotopic (exact) mass is 387 g/mol. The fraction of sp³-hybridized carbons (Fsp3) is 0.300. The molecule has 6 nitrogen and oxygen atoms in total. The van der Waals surface area contributed by atoms with Crippen LogP contribution in [0.5, 0.6) is 5.75 Å². The lowest BCUT2D eigenvalue weighted by Crippen LogP contribution is -2.43. The van der Waals surface area contributed by atoms with Crippen molar-refractivity contribution in [2.45, 2.75) is 25.9 Å². The summed E-state index contributed by atoms with van der Waals surface area (Å²) in [6, 6.07) is 14.2. The zero-order valence-corrected chi connectivity index (χ0v) is 15.8. The lowest BCUT2D eigenvalue weighted by molar-refractivity contribution is -0.117. The van der Waals surface area contributed by atoms with Crippen LogP contribution < -0.4 is 20.3 Å². The minimum Gasteiger partial charge on any atom is -0.494 e. The van der Waals surface area contributed by atoms with Gasteiger partial charge in [0.25, 0.3) is 0 Å². The molecule has 1 atom stereocenters. The van der Waals surface area contributed by atoms with E-state index in [1.54, 1.807) is 11.0 Å². The molecular weight excluding hydrogens is 366 g/mol. The van der Waals surface area contributed by atoms with Crippen molar-refractivity contribution in [3.63, 3.8) is 0 Å². The molecule has 0 radical (unpaired) electrons. The molecule has 2 aromatic carbocycles. The second kappa shape index (κ2) is 8.77. The van der Waals surface area contributed by atoms with E-state index in [0.29, 0.717) is 24.7 Å². The van der Waals surface area contributed by atoms with E-state index in [0.717, 1.165) is 17.0 Å². The van der Waals surface area contributed by atoms with Gasteiger partial charge >= 0.3 is 6.03 Å². The van der Waals surface area contributed by atoms with Crippen molar-refractivity contribution in [3.05, 3.63) is 59.1 Å². The summed E-state index contributed by atoms with van der Waals surface area (Å²) in [6.07, 6.45) is 0.271. The van der Waals surface area contributed by atoms with Gasteiger partial charge in [-0.1, -0.05) is 29.8 Å². The minimum atomic E-state index is -0.318. The molecule has 0 saturated carbocycles. The van der Waals surface area contributed by atoms with Crippen LogP contribution in [-0.4, -0.2) is 31.1 Å². The van der Waals surface area contributed by atoms with Crippen molar-refractivity contribution in [1.82, 2.24) is 10.6 Å². The van der Waals surface area contributed by atoms with E-state index >= 15 is 0 Å². The predicted octanol–water partition coefficient (Wildman–Crippen LogP) is 3.34. The number of hydrogen-bond acceptors (Lipinski definition) is 3. The minimum absolute atomic E-state index is 0.0180. The topological polar surface area (TPSA) is 70.7 Å². The number of rotatable bonds is 6. The van der Waals surface area contributed by atoms with Gasteiger partial charge in [0.1, 0.15) is 5.75 Å². The Kier molecular flexibility index (Phi) is 6.19. The van der Waals surface area contributed by atoms with Crippen LogP contribution in [0.15, 0.2) is 48.5 Å². The average Bonchev–Trinajstić information content (AvgIpc) is 3.02. The maximum Gasteiger partial charge on any atom is 0.315 e. The van der Waals surface area contributed by atoms with Gasteiger partial charge in [0.05, 0.1) is 12.6 Å². The number of ether oxygens (including phenoxy) is 1. The lowest BCUT2D eigenvalue weighted by atomic mass is 10.2. The molecule has 3 amide bonds. The van der Waals surface area contributed by atoms with E-state index in [2.05, 4.69) is 10.6 Å². The highest BCUT2D eigenvalue weighted by molar-refractivity contribution is 6.31. The highest BCUT2D eigenvalue weighted by atomic mass is 35.5. The summed E-state index contributed by atoms with van der Waals surface area (Å²) >= 11 is 6.08. The molecule has 0 aliphatic carbocycles. The molecular formula is C20H22ClN3O3. The Morgan fingerprint density at radius 3 is 2.67 bits per heavy atom. The third-order valence-electron chi connectivity index (χ3n) is 4.32. The van der Waals surface area contributed by atoms with E-state index in [1.165, 1.54) is 0 Å². The number of urea groups is 1. The molecule has 3 rings (SSSR count). The van der Waals surface area contributed by atoms with Crippen molar-refractivity contribution < 1.29 is 14.3 Å². The Balaban J connectivity index is 1.52. The quantitative estimate of drug-likeness (QED) is 0.798. The fourth-order valence-corrected chi connectivity index (χ4v) is 3.20. The number of carbonyl (C=O) groups is 2. The van der Waals surface area contributed by atoms with Crippen LogP contribution in [0, 0.1) is 0 Å². The van der Waals surface area contributed by atoms with E-state index in [-0.39, 0.29) is 24.4 Å². The summed E-state index contributed by atoms with van der Waals surface area (Å²) in [5.74, 6) is 0.747. The first-order valence-electron chi connectivity index (χ1n) is 8.88. The molecule has 2 aromatic rings. The smallest absolute Gasteiger partial charge is 0.315 e. The van der Waals surface area contributed by atoms with Gasteiger partial charge in [0.15, 0.2) is 0 Å². The molecule has 0 spiro atoms. The molecule has 1 aliphatic heterocycles. The Morgan fingerprint density at radius 1 is 1.22 bits per heavy atom. The van der Waals surface area contributed by atoms with Gasteiger partial charge in [-0.3, -0.25) is 4.79 Å². The summed E-state index contributed by atoms with van der Waals surface area (Å²) in [4.78, 5) is 26.1. The summed E-state index contributed by atoms with van der Waals surface area (Å²) in [5.41, 5.74) is 1.64. The van der Waals surface area contributed by atoms with Crippen LogP contribution in [0.2, 0.25) is 5.02 Å². The highest BCUT2D eigenvalue weighted by Crippen LogP contribution is 2.24. The molecule has 1 saturated heterocycles. The number of hydrogen-bond donors (Lipinski definition) is 2. The first-order valence-corrected chi connectivity index (χ1v) is 9.25. The molecule has 0 unspecified atom stereocenters. The fourth-order valence-electron chi connectivity index (χ4n) is 3.00. The van der Waals surface area contributed by atoms with Crippen molar-refractivity contribution in [2.75, 3.05) is 18.1 Å². The Bertz CT molecular complexity index is 810. The summed E-state index contributed by atoms with van der Waals surface area (Å²) in [5, 5.41) is 6.23. The van der Waals surface area contributed by atoms with Crippen LogP contribution in [-0.2, 0) is 11.3 Å². The van der Waals surface area contributed by atoms with Crippen LogP contribution in [0.3, 0.4) is 0 Å². The Hall–Kier alpha value is -2.73. The van der Waals surface area contributed by atoms with Crippen molar-refractivity contribution in [2.24, 2.45) is 0 Å². The maximum absolute atomic E-state index is 12.3. The van der Waals surface area contributed by atoms with Gasteiger partial charge in [-0.25, -0.2) is 4.79 Å². The van der Waals surface area contributed by atoms with Crippen LogP contribution in [0.1, 0.15) is 18.9 Å². The number of anilines is 1. The van der Waals surface area contributed by atoms with Crippen LogP contribution in [0.25, 0.3) is 0 Å². The predicted molar refractivity (Wildman–Crippen MR) is 105 cm³/mol.